The van der Waals surface area contributed by atoms with Crippen molar-refractivity contribution in [3.8, 4) is 11.5 Å². The van der Waals surface area contributed by atoms with Crippen LogP contribution >= 0.6 is 0 Å². The summed E-state index contributed by atoms with van der Waals surface area (Å²) < 4.78 is 37.6. The normalized spacial score (nSPS) is 12.0. The standard InChI is InChI=1S/C25H28N2O5S/c1-18-5-15-24(16-6-18)33(29,30)27(3)21-9-13-23(14-10-21)32-17-25(28)26-19(2)20-7-11-22(31-4)12-8-20/h5-16,19H,17H2,1-4H3,(H,26,28)/t19-/m0/s1. The Morgan fingerprint density at radius 3 is 2.09 bits per heavy atom. The maximum atomic E-state index is 12.8. The molecule has 0 radical (unpaired) electrons. The van der Waals surface area contributed by atoms with Crippen molar-refractivity contribution in [2.75, 3.05) is 25.1 Å². The third-order valence-corrected chi connectivity index (χ3v) is 7.04. The van der Waals surface area contributed by atoms with E-state index in [1.807, 2.05) is 38.1 Å². The Labute approximate surface area is 195 Å². The van der Waals surface area contributed by atoms with E-state index in [-0.39, 0.29) is 23.5 Å². The fourth-order valence-electron chi connectivity index (χ4n) is 3.17. The lowest BCUT2D eigenvalue weighted by atomic mass is 10.1. The molecule has 0 aliphatic carbocycles. The molecule has 0 fully saturated rings. The van der Waals surface area contributed by atoms with Crippen LogP contribution in [0.4, 0.5) is 5.69 Å². The molecule has 0 aromatic heterocycles. The number of ether oxygens (including phenoxy) is 2. The van der Waals surface area contributed by atoms with E-state index < -0.39 is 10.0 Å². The molecule has 0 aliphatic rings. The summed E-state index contributed by atoms with van der Waals surface area (Å²) in [5.41, 5.74) is 2.42. The first-order valence-corrected chi connectivity index (χ1v) is 11.9. The van der Waals surface area contributed by atoms with Gasteiger partial charge in [-0.15, -0.1) is 0 Å². The lowest BCUT2D eigenvalue weighted by molar-refractivity contribution is -0.123. The number of aryl methyl sites for hydroxylation is 1. The van der Waals surface area contributed by atoms with E-state index in [9.17, 15) is 13.2 Å². The van der Waals surface area contributed by atoms with E-state index in [0.717, 1.165) is 16.9 Å². The summed E-state index contributed by atoms with van der Waals surface area (Å²) >= 11 is 0. The van der Waals surface area contributed by atoms with Gasteiger partial charge in [-0.2, -0.15) is 0 Å². The van der Waals surface area contributed by atoms with Gasteiger partial charge in [0.25, 0.3) is 15.9 Å². The minimum atomic E-state index is -3.67. The minimum absolute atomic E-state index is 0.155. The molecule has 0 aliphatic heterocycles. The van der Waals surface area contributed by atoms with Gasteiger partial charge in [-0.1, -0.05) is 29.8 Å². The first-order valence-electron chi connectivity index (χ1n) is 10.4. The molecule has 0 heterocycles. The SMILES string of the molecule is COc1ccc([C@H](C)NC(=O)COc2ccc(N(C)S(=O)(=O)c3ccc(C)cc3)cc2)cc1. The average molecular weight is 469 g/mol. The predicted molar refractivity (Wildman–Crippen MR) is 128 cm³/mol. The smallest absolute Gasteiger partial charge is 0.264 e. The number of methoxy groups -OCH3 is 1. The molecule has 1 amide bonds. The van der Waals surface area contributed by atoms with Crippen LogP contribution in [0.2, 0.25) is 0 Å². The molecule has 174 valence electrons. The second-order valence-corrected chi connectivity index (χ2v) is 9.60. The highest BCUT2D eigenvalue weighted by Gasteiger charge is 2.21. The molecule has 3 aromatic carbocycles. The minimum Gasteiger partial charge on any atom is -0.497 e. The number of anilines is 1. The van der Waals surface area contributed by atoms with Crippen LogP contribution < -0.4 is 19.1 Å². The van der Waals surface area contributed by atoms with Gasteiger partial charge >= 0.3 is 0 Å². The van der Waals surface area contributed by atoms with Crippen LogP contribution in [0, 0.1) is 6.92 Å². The molecule has 0 unspecified atom stereocenters. The first-order chi connectivity index (χ1) is 15.7. The molecule has 33 heavy (non-hydrogen) atoms. The van der Waals surface area contributed by atoms with Crippen LogP contribution in [0.25, 0.3) is 0 Å². The van der Waals surface area contributed by atoms with Crippen molar-refractivity contribution in [1.82, 2.24) is 5.32 Å². The van der Waals surface area contributed by atoms with Gasteiger partial charge in [-0.25, -0.2) is 8.42 Å². The van der Waals surface area contributed by atoms with E-state index in [1.165, 1.54) is 11.4 Å². The van der Waals surface area contributed by atoms with E-state index >= 15 is 0 Å². The third kappa shape index (κ3) is 6.04. The number of hydrogen-bond acceptors (Lipinski definition) is 5. The Balaban J connectivity index is 1.56. The zero-order valence-electron chi connectivity index (χ0n) is 19.1. The summed E-state index contributed by atoms with van der Waals surface area (Å²) in [6.07, 6.45) is 0. The molecule has 0 saturated carbocycles. The lowest BCUT2D eigenvalue weighted by Crippen LogP contribution is -2.31. The number of carbonyl (C=O) groups is 1. The quantitative estimate of drug-likeness (QED) is 0.511. The van der Waals surface area contributed by atoms with Crippen LogP contribution in [-0.2, 0) is 14.8 Å². The van der Waals surface area contributed by atoms with Crippen molar-refractivity contribution < 1.29 is 22.7 Å². The molecule has 0 saturated heterocycles. The molecule has 1 atom stereocenters. The number of rotatable bonds is 9. The van der Waals surface area contributed by atoms with Gasteiger partial charge in [-0.05, 0) is 67.9 Å². The summed E-state index contributed by atoms with van der Waals surface area (Å²) in [4.78, 5) is 12.5. The molecular weight excluding hydrogens is 440 g/mol. The fraction of sp³-hybridized carbons (Fsp3) is 0.240. The van der Waals surface area contributed by atoms with Crippen LogP contribution in [0.5, 0.6) is 11.5 Å². The Hall–Kier alpha value is -3.52. The summed E-state index contributed by atoms with van der Waals surface area (Å²) in [5, 5.41) is 2.88. The van der Waals surface area contributed by atoms with Gasteiger partial charge < -0.3 is 14.8 Å². The second kappa shape index (κ2) is 10.4. The van der Waals surface area contributed by atoms with Crippen LogP contribution in [-0.4, -0.2) is 35.1 Å². The summed E-state index contributed by atoms with van der Waals surface area (Å²) in [6.45, 7) is 3.63. The highest BCUT2D eigenvalue weighted by molar-refractivity contribution is 7.92. The number of hydrogen-bond donors (Lipinski definition) is 1. The van der Waals surface area contributed by atoms with Crippen molar-refractivity contribution in [2.24, 2.45) is 0 Å². The fourth-order valence-corrected chi connectivity index (χ4v) is 4.36. The summed E-state index contributed by atoms with van der Waals surface area (Å²) in [7, 11) is -0.570. The Morgan fingerprint density at radius 1 is 0.939 bits per heavy atom. The van der Waals surface area contributed by atoms with Crippen molar-refractivity contribution in [2.45, 2.75) is 24.8 Å². The van der Waals surface area contributed by atoms with Crippen LogP contribution in [0.1, 0.15) is 24.1 Å². The molecule has 1 N–H and O–H groups in total. The zero-order chi connectivity index (χ0) is 24.0. The van der Waals surface area contributed by atoms with E-state index in [0.29, 0.717) is 11.4 Å². The van der Waals surface area contributed by atoms with Gasteiger partial charge in [0.15, 0.2) is 6.61 Å². The topological polar surface area (TPSA) is 84.9 Å². The predicted octanol–water partition coefficient (Wildman–Crippen LogP) is 4.08. The van der Waals surface area contributed by atoms with E-state index in [2.05, 4.69) is 5.32 Å². The first kappa shape index (κ1) is 24.1. The monoisotopic (exact) mass is 468 g/mol. The van der Waals surface area contributed by atoms with Gasteiger partial charge in [-0.3, -0.25) is 9.10 Å². The van der Waals surface area contributed by atoms with E-state index in [4.69, 9.17) is 9.47 Å². The summed E-state index contributed by atoms with van der Waals surface area (Å²) in [5.74, 6) is 0.954. The Kier molecular flexibility index (Phi) is 7.60. The Morgan fingerprint density at radius 2 is 1.52 bits per heavy atom. The number of nitrogens with zero attached hydrogens (tertiary/aromatic N) is 1. The lowest BCUT2D eigenvalue weighted by Gasteiger charge is -2.20. The van der Waals surface area contributed by atoms with Crippen molar-refractivity contribution >= 4 is 21.6 Å². The maximum absolute atomic E-state index is 12.8. The number of benzene rings is 3. The number of amides is 1. The number of carbonyl (C=O) groups excluding carboxylic acids is 1. The van der Waals surface area contributed by atoms with Crippen LogP contribution in [0.15, 0.2) is 77.7 Å². The average Bonchev–Trinajstić information content (AvgIpc) is 2.83. The highest BCUT2D eigenvalue weighted by Crippen LogP contribution is 2.24. The maximum Gasteiger partial charge on any atom is 0.264 e. The van der Waals surface area contributed by atoms with Crippen molar-refractivity contribution in [3.63, 3.8) is 0 Å². The zero-order valence-corrected chi connectivity index (χ0v) is 19.9. The van der Waals surface area contributed by atoms with Crippen LogP contribution in [0.3, 0.4) is 0 Å². The largest absolute Gasteiger partial charge is 0.497 e. The highest BCUT2D eigenvalue weighted by atomic mass is 32.2. The van der Waals surface area contributed by atoms with Gasteiger partial charge in [0.05, 0.1) is 23.7 Å². The Bertz CT molecular complexity index is 1170. The van der Waals surface area contributed by atoms with E-state index in [1.54, 1.807) is 55.6 Å². The molecule has 7 nitrogen and oxygen atoms in total. The molecule has 3 rings (SSSR count). The summed E-state index contributed by atoms with van der Waals surface area (Å²) in [6, 6.07) is 20.5. The van der Waals surface area contributed by atoms with Gasteiger partial charge in [0.2, 0.25) is 0 Å². The van der Waals surface area contributed by atoms with Gasteiger partial charge in [0, 0.05) is 7.05 Å². The van der Waals surface area contributed by atoms with Gasteiger partial charge in [0.1, 0.15) is 11.5 Å². The second-order valence-electron chi connectivity index (χ2n) is 7.63. The van der Waals surface area contributed by atoms with Crippen molar-refractivity contribution in [1.29, 1.82) is 0 Å². The third-order valence-electron chi connectivity index (χ3n) is 5.24. The molecular formula is C25H28N2O5S. The molecule has 0 bridgehead atoms. The molecule has 8 heteroatoms. The molecule has 0 spiro atoms. The molecule has 3 aromatic rings. The number of sulfonamides is 1. The number of nitrogens with one attached hydrogen (secondary N) is 1. The van der Waals surface area contributed by atoms with Crippen molar-refractivity contribution in [3.05, 3.63) is 83.9 Å².